The molecule has 3 rings (SSSR count). The maximum atomic E-state index is 12.8. The van der Waals surface area contributed by atoms with Crippen molar-refractivity contribution >= 4 is 34.7 Å². The van der Waals surface area contributed by atoms with Crippen LogP contribution in [0.15, 0.2) is 30.3 Å². The molecule has 1 fully saturated rings. The van der Waals surface area contributed by atoms with Gasteiger partial charge in [0, 0.05) is 31.9 Å². The number of nitrogens with one attached hydrogen (secondary N) is 2. The molecule has 1 aliphatic rings. The summed E-state index contributed by atoms with van der Waals surface area (Å²) in [6.45, 7) is 2.25. The van der Waals surface area contributed by atoms with E-state index in [0.29, 0.717) is 25.3 Å². The fraction of sp³-hybridized carbons (Fsp3) is 0.450. The summed E-state index contributed by atoms with van der Waals surface area (Å²) >= 11 is 0.957. The van der Waals surface area contributed by atoms with Gasteiger partial charge in [-0.3, -0.25) is 14.4 Å². The monoisotopic (exact) mass is 430 g/mol. The van der Waals surface area contributed by atoms with Crippen molar-refractivity contribution < 1.29 is 14.4 Å². The molecular formula is C20H26N6O3S. The fourth-order valence-corrected chi connectivity index (χ4v) is 3.87. The Morgan fingerprint density at radius 2 is 1.90 bits per heavy atom. The van der Waals surface area contributed by atoms with Gasteiger partial charge in [0.15, 0.2) is 0 Å². The Hall–Kier alpha value is -2.85. The van der Waals surface area contributed by atoms with Gasteiger partial charge < -0.3 is 20.4 Å². The molecule has 10 heteroatoms. The summed E-state index contributed by atoms with van der Waals surface area (Å²) in [7, 11) is 3.90. The summed E-state index contributed by atoms with van der Waals surface area (Å²) in [6.07, 6.45) is 1.50. The molecule has 0 radical (unpaired) electrons. The number of carbonyl (C=O) groups excluding carboxylic acids is 3. The van der Waals surface area contributed by atoms with Crippen molar-refractivity contribution in [3.05, 3.63) is 40.3 Å². The number of para-hydroxylation sites is 1. The quantitative estimate of drug-likeness (QED) is 0.686. The van der Waals surface area contributed by atoms with Crippen molar-refractivity contribution in [2.24, 2.45) is 5.92 Å². The van der Waals surface area contributed by atoms with Crippen LogP contribution in [-0.2, 0) is 4.79 Å². The lowest BCUT2D eigenvalue weighted by molar-refractivity contribution is -0.126. The number of nitrogens with zero attached hydrogens (tertiary/aromatic N) is 4. The molecule has 2 heterocycles. The number of benzene rings is 1. The van der Waals surface area contributed by atoms with Crippen LogP contribution in [0.2, 0.25) is 0 Å². The first kappa shape index (κ1) is 21.8. The number of anilines is 1. The molecule has 1 aliphatic heterocycles. The molecule has 9 nitrogen and oxygen atoms in total. The zero-order chi connectivity index (χ0) is 21.5. The molecule has 160 valence electrons. The van der Waals surface area contributed by atoms with Crippen LogP contribution in [0.1, 0.15) is 32.4 Å². The lowest BCUT2D eigenvalue weighted by Crippen LogP contribution is -2.46. The van der Waals surface area contributed by atoms with E-state index in [4.69, 9.17) is 0 Å². The molecule has 0 unspecified atom stereocenters. The first-order valence-electron chi connectivity index (χ1n) is 9.85. The average molecular weight is 431 g/mol. The van der Waals surface area contributed by atoms with E-state index in [2.05, 4.69) is 20.8 Å². The minimum absolute atomic E-state index is 0.0328. The standard InChI is InChI=1S/C20H26N6O3S/c1-25(2)12-10-21-16(27)14-7-6-11-26(13-14)20(29)19-24-23-18(30-19)17(28)22-15-8-4-3-5-9-15/h3-5,8-9,14H,6-7,10-13H2,1-2H3,(H,21,27)(H,22,28)/t14-/m1/s1. The summed E-state index contributed by atoms with van der Waals surface area (Å²) in [5.74, 6) is -0.972. The van der Waals surface area contributed by atoms with Gasteiger partial charge in [-0.15, -0.1) is 10.2 Å². The highest BCUT2D eigenvalue weighted by Crippen LogP contribution is 2.21. The third-order valence-electron chi connectivity index (χ3n) is 4.77. The topological polar surface area (TPSA) is 108 Å². The van der Waals surface area contributed by atoms with Crippen LogP contribution < -0.4 is 10.6 Å². The smallest absolute Gasteiger partial charge is 0.286 e. The van der Waals surface area contributed by atoms with Gasteiger partial charge >= 0.3 is 0 Å². The number of likely N-dealkylation sites (tertiary alicyclic amines) is 1. The first-order valence-corrected chi connectivity index (χ1v) is 10.7. The largest absolute Gasteiger partial charge is 0.355 e. The molecule has 1 aromatic heterocycles. The van der Waals surface area contributed by atoms with E-state index in [1.165, 1.54) is 0 Å². The van der Waals surface area contributed by atoms with Crippen LogP contribution in [0, 0.1) is 5.92 Å². The Morgan fingerprint density at radius 1 is 1.17 bits per heavy atom. The van der Waals surface area contributed by atoms with Crippen molar-refractivity contribution in [3.8, 4) is 0 Å². The number of carbonyl (C=O) groups is 3. The van der Waals surface area contributed by atoms with Gasteiger partial charge in [-0.2, -0.15) is 0 Å². The zero-order valence-electron chi connectivity index (χ0n) is 17.1. The average Bonchev–Trinajstić information content (AvgIpc) is 3.24. The Balaban J connectivity index is 1.57. The summed E-state index contributed by atoms with van der Waals surface area (Å²) < 4.78 is 0. The van der Waals surface area contributed by atoms with Gasteiger partial charge in [0.2, 0.25) is 15.9 Å². The Kier molecular flexibility index (Phi) is 7.47. The molecule has 0 spiro atoms. The third kappa shape index (κ3) is 5.83. The summed E-state index contributed by atoms with van der Waals surface area (Å²) in [4.78, 5) is 41.2. The van der Waals surface area contributed by atoms with Crippen LogP contribution in [-0.4, -0.2) is 78.0 Å². The predicted molar refractivity (Wildman–Crippen MR) is 114 cm³/mol. The summed E-state index contributed by atoms with van der Waals surface area (Å²) in [6, 6.07) is 9.01. The third-order valence-corrected chi connectivity index (χ3v) is 5.68. The first-order chi connectivity index (χ1) is 14.4. The molecule has 0 aliphatic carbocycles. The number of hydrogen-bond acceptors (Lipinski definition) is 7. The number of aromatic nitrogens is 2. The van der Waals surface area contributed by atoms with E-state index in [9.17, 15) is 14.4 Å². The highest BCUT2D eigenvalue weighted by molar-refractivity contribution is 7.15. The van der Waals surface area contributed by atoms with Gasteiger partial charge in [0.25, 0.3) is 11.8 Å². The zero-order valence-corrected chi connectivity index (χ0v) is 17.9. The molecule has 1 aromatic carbocycles. The summed E-state index contributed by atoms with van der Waals surface area (Å²) in [5.41, 5.74) is 0.643. The lowest BCUT2D eigenvalue weighted by atomic mass is 9.97. The van der Waals surface area contributed by atoms with Crippen molar-refractivity contribution in [2.75, 3.05) is 45.6 Å². The predicted octanol–water partition coefficient (Wildman–Crippen LogP) is 1.32. The van der Waals surface area contributed by atoms with Gasteiger partial charge in [-0.05, 0) is 39.1 Å². The maximum Gasteiger partial charge on any atom is 0.286 e. The number of amides is 3. The number of rotatable bonds is 7. The van der Waals surface area contributed by atoms with Crippen molar-refractivity contribution in [3.63, 3.8) is 0 Å². The second-order valence-corrected chi connectivity index (χ2v) is 8.39. The number of piperidine rings is 1. The van der Waals surface area contributed by atoms with E-state index in [-0.39, 0.29) is 27.7 Å². The van der Waals surface area contributed by atoms with Gasteiger partial charge in [0.05, 0.1) is 5.92 Å². The van der Waals surface area contributed by atoms with E-state index < -0.39 is 5.91 Å². The lowest BCUT2D eigenvalue weighted by Gasteiger charge is -2.31. The molecular weight excluding hydrogens is 404 g/mol. The van der Waals surface area contributed by atoms with Gasteiger partial charge in [-0.25, -0.2) is 0 Å². The minimum Gasteiger partial charge on any atom is -0.355 e. The van der Waals surface area contributed by atoms with Crippen LogP contribution in [0.4, 0.5) is 5.69 Å². The highest BCUT2D eigenvalue weighted by atomic mass is 32.1. The summed E-state index contributed by atoms with van der Waals surface area (Å²) in [5, 5.41) is 13.7. The van der Waals surface area contributed by atoms with Crippen LogP contribution in [0.25, 0.3) is 0 Å². The van der Waals surface area contributed by atoms with Crippen molar-refractivity contribution in [2.45, 2.75) is 12.8 Å². The van der Waals surface area contributed by atoms with Gasteiger partial charge in [0.1, 0.15) is 0 Å². The Labute approximate surface area is 179 Å². The number of likely N-dealkylation sites (N-methyl/N-ethyl adjacent to an activating group) is 1. The van der Waals surface area contributed by atoms with Crippen molar-refractivity contribution in [1.82, 2.24) is 25.3 Å². The molecule has 0 saturated carbocycles. The number of hydrogen-bond donors (Lipinski definition) is 2. The Bertz CT molecular complexity index is 886. The second-order valence-electron chi connectivity index (χ2n) is 7.42. The highest BCUT2D eigenvalue weighted by Gasteiger charge is 2.30. The Morgan fingerprint density at radius 3 is 2.63 bits per heavy atom. The molecule has 30 heavy (non-hydrogen) atoms. The van der Waals surface area contributed by atoms with Gasteiger partial charge in [-0.1, -0.05) is 29.5 Å². The maximum absolute atomic E-state index is 12.8. The van der Waals surface area contributed by atoms with E-state index in [1.807, 2.05) is 37.2 Å². The van der Waals surface area contributed by atoms with Crippen LogP contribution in [0.3, 0.4) is 0 Å². The van der Waals surface area contributed by atoms with Crippen LogP contribution in [0.5, 0.6) is 0 Å². The van der Waals surface area contributed by atoms with E-state index in [1.54, 1.807) is 17.0 Å². The SMILES string of the molecule is CN(C)CCNC(=O)[C@@H]1CCCN(C(=O)c2nnc(C(=O)Nc3ccccc3)s2)C1. The second kappa shape index (κ2) is 10.3. The molecule has 1 atom stereocenters. The van der Waals surface area contributed by atoms with Crippen molar-refractivity contribution in [1.29, 1.82) is 0 Å². The molecule has 1 saturated heterocycles. The normalized spacial score (nSPS) is 16.4. The van der Waals surface area contributed by atoms with E-state index in [0.717, 1.165) is 30.7 Å². The molecule has 3 amide bonds. The molecule has 0 bridgehead atoms. The molecule has 2 aromatic rings. The van der Waals surface area contributed by atoms with E-state index >= 15 is 0 Å². The minimum atomic E-state index is -0.408. The molecule has 2 N–H and O–H groups in total. The van der Waals surface area contributed by atoms with Crippen LogP contribution >= 0.6 is 11.3 Å². The fourth-order valence-electron chi connectivity index (χ4n) is 3.17.